The number of benzene rings is 2. The topological polar surface area (TPSA) is 120 Å². The second-order valence-corrected chi connectivity index (χ2v) is 13.1. The molecule has 0 bridgehead atoms. The molecule has 2 aromatic carbocycles. The zero-order chi connectivity index (χ0) is 32.1. The fourth-order valence-corrected chi connectivity index (χ4v) is 5.75. The van der Waals surface area contributed by atoms with Crippen LogP contribution in [0.5, 0.6) is 0 Å². The van der Waals surface area contributed by atoms with Gasteiger partial charge in [0.15, 0.2) is 5.54 Å². The lowest BCUT2D eigenvalue weighted by Gasteiger charge is -2.24. The summed E-state index contributed by atoms with van der Waals surface area (Å²) in [5.74, 6) is 0. The average Bonchev–Trinajstić information content (AvgIpc) is 3.37. The number of rotatable bonds is 8. The number of halogens is 4. The lowest BCUT2D eigenvalue weighted by molar-refractivity contribution is -0.182. The van der Waals surface area contributed by atoms with E-state index in [0.29, 0.717) is 45.1 Å². The highest BCUT2D eigenvalue weighted by molar-refractivity contribution is 6.32. The van der Waals surface area contributed by atoms with E-state index < -0.39 is 17.8 Å². The van der Waals surface area contributed by atoms with Crippen LogP contribution < -0.4 is 10.6 Å². The Hall–Kier alpha value is -4.63. The summed E-state index contributed by atoms with van der Waals surface area (Å²) in [7, 11) is 0. The summed E-state index contributed by atoms with van der Waals surface area (Å²) in [5.41, 5.74) is 3.59. The van der Waals surface area contributed by atoms with Crippen LogP contribution in [-0.2, 0) is 5.54 Å². The minimum Gasteiger partial charge on any atom is -0.383 e. The van der Waals surface area contributed by atoms with Crippen molar-refractivity contribution >= 4 is 33.9 Å². The number of nitriles is 1. The van der Waals surface area contributed by atoms with Gasteiger partial charge in [-0.3, -0.25) is 10.1 Å². The van der Waals surface area contributed by atoms with Crippen molar-refractivity contribution in [2.45, 2.75) is 58.3 Å². The van der Waals surface area contributed by atoms with Crippen LogP contribution in [0.1, 0.15) is 62.0 Å². The molecule has 13 heteroatoms. The van der Waals surface area contributed by atoms with Gasteiger partial charge in [-0.1, -0.05) is 55.8 Å². The van der Waals surface area contributed by atoms with Crippen LogP contribution in [0.2, 0.25) is 5.02 Å². The number of H-pyrrole nitrogens is 1. The molecule has 3 N–H and O–H groups in total. The molecule has 1 fully saturated rings. The monoisotopic (exact) mass is 633 g/mol. The van der Waals surface area contributed by atoms with E-state index in [9.17, 15) is 18.4 Å². The van der Waals surface area contributed by atoms with Gasteiger partial charge in [0.25, 0.3) is 0 Å². The Labute approximate surface area is 262 Å². The molecule has 0 radical (unpaired) electrons. The minimum atomic E-state index is -4.46. The minimum absolute atomic E-state index is 0.0547. The molecule has 3 aromatic heterocycles. The van der Waals surface area contributed by atoms with E-state index in [-0.39, 0.29) is 18.3 Å². The molecular weight excluding hydrogens is 603 g/mol. The van der Waals surface area contributed by atoms with Crippen LogP contribution in [-0.4, -0.2) is 42.9 Å². The normalized spacial score (nSPS) is 15.1. The summed E-state index contributed by atoms with van der Waals surface area (Å²) < 4.78 is 43.0. The summed E-state index contributed by atoms with van der Waals surface area (Å²) in [5, 5.41) is 32.9. The summed E-state index contributed by atoms with van der Waals surface area (Å²) in [6.45, 7) is 8.77. The molecule has 45 heavy (non-hydrogen) atoms. The first-order chi connectivity index (χ1) is 21.3. The first kappa shape index (κ1) is 30.4. The molecule has 1 aliphatic rings. The molecule has 0 unspecified atom stereocenters. The molecule has 0 aliphatic heterocycles. The number of fused-ring (bicyclic) bond motifs is 1. The molecule has 3 heterocycles. The van der Waals surface area contributed by atoms with Gasteiger partial charge in [-0.05, 0) is 54.0 Å². The van der Waals surface area contributed by atoms with Crippen LogP contribution in [0, 0.1) is 23.7 Å². The zero-order valence-electron chi connectivity index (χ0n) is 25.1. The number of nitrogens with zero attached hydrogens (tertiary/aromatic N) is 6. The molecule has 232 valence electrons. The molecule has 0 spiro atoms. The molecule has 0 amide bonds. The van der Waals surface area contributed by atoms with Gasteiger partial charge in [0.2, 0.25) is 0 Å². The molecule has 6 rings (SSSR count). The predicted octanol–water partition coefficient (Wildman–Crippen LogP) is 7.76. The van der Waals surface area contributed by atoms with Crippen LogP contribution in [0.25, 0.3) is 22.0 Å². The molecule has 5 aromatic rings. The predicted molar refractivity (Wildman–Crippen MR) is 167 cm³/mol. The smallest absolute Gasteiger partial charge is 0.383 e. The highest BCUT2D eigenvalue weighted by Gasteiger charge is 2.66. The van der Waals surface area contributed by atoms with E-state index in [0.717, 1.165) is 26.9 Å². The van der Waals surface area contributed by atoms with Gasteiger partial charge in [-0.2, -0.15) is 23.5 Å². The summed E-state index contributed by atoms with van der Waals surface area (Å²) >= 11 is 6.66. The number of nitrogens with one attached hydrogen (secondary N) is 3. The number of anilines is 2. The van der Waals surface area contributed by atoms with E-state index in [1.165, 1.54) is 12.4 Å². The Bertz CT molecular complexity index is 1910. The van der Waals surface area contributed by atoms with E-state index in [2.05, 4.69) is 63.0 Å². The van der Waals surface area contributed by atoms with E-state index in [1.807, 2.05) is 25.1 Å². The maximum atomic E-state index is 14.0. The van der Waals surface area contributed by atoms with Crippen molar-refractivity contribution in [3.05, 3.63) is 82.5 Å². The van der Waals surface area contributed by atoms with Gasteiger partial charge in [-0.25, -0.2) is 4.68 Å². The van der Waals surface area contributed by atoms with Crippen molar-refractivity contribution in [1.29, 1.82) is 5.26 Å². The lowest BCUT2D eigenvalue weighted by Crippen LogP contribution is -2.35. The number of hydrogen-bond acceptors (Lipinski definition) is 7. The van der Waals surface area contributed by atoms with Gasteiger partial charge >= 0.3 is 6.18 Å². The van der Waals surface area contributed by atoms with Crippen molar-refractivity contribution in [3.8, 4) is 17.2 Å². The van der Waals surface area contributed by atoms with Crippen molar-refractivity contribution < 1.29 is 13.2 Å². The van der Waals surface area contributed by atoms with Crippen molar-refractivity contribution in [1.82, 2.24) is 30.2 Å². The van der Waals surface area contributed by atoms with Crippen LogP contribution in [0.15, 0.2) is 55.1 Å². The van der Waals surface area contributed by atoms with Crippen LogP contribution in [0.4, 0.5) is 24.5 Å². The Morgan fingerprint density at radius 2 is 1.96 bits per heavy atom. The fourth-order valence-electron chi connectivity index (χ4n) is 5.53. The SMILES string of the molecule is Cc1c(-c2cn[nH]c2)cccc1[C@H](Nc1cc(Cl)cc2c(NCC(C)(C)C)c(C#N)cnc12)c1cn(C2(C(F)(F)F)CC2)nn1. The maximum Gasteiger partial charge on any atom is 0.413 e. The van der Waals surface area contributed by atoms with Gasteiger partial charge in [0.05, 0.1) is 40.9 Å². The molecule has 1 aliphatic carbocycles. The first-order valence-corrected chi connectivity index (χ1v) is 14.8. The Balaban J connectivity index is 1.50. The van der Waals surface area contributed by atoms with E-state index in [4.69, 9.17) is 11.6 Å². The number of hydrogen-bond donors (Lipinski definition) is 3. The zero-order valence-corrected chi connectivity index (χ0v) is 25.8. The largest absolute Gasteiger partial charge is 0.413 e. The fraction of sp³-hybridized carbons (Fsp3) is 0.344. The number of pyridine rings is 1. The number of aromatic amines is 1. The Morgan fingerprint density at radius 1 is 1.18 bits per heavy atom. The third kappa shape index (κ3) is 5.68. The van der Waals surface area contributed by atoms with Gasteiger partial charge < -0.3 is 10.6 Å². The number of aromatic nitrogens is 6. The molecular formula is C32H31ClF3N9. The van der Waals surface area contributed by atoms with E-state index >= 15 is 0 Å². The van der Waals surface area contributed by atoms with Crippen molar-refractivity contribution in [2.75, 3.05) is 17.2 Å². The highest BCUT2D eigenvalue weighted by atomic mass is 35.5. The van der Waals surface area contributed by atoms with Crippen LogP contribution in [0.3, 0.4) is 0 Å². The second-order valence-electron chi connectivity index (χ2n) is 12.6. The van der Waals surface area contributed by atoms with E-state index in [1.54, 1.807) is 24.5 Å². The molecule has 9 nitrogen and oxygen atoms in total. The standard InChI is InChI=1S/C32H31ClF3N9/c1-18-22(20-14-40-41-15-20)6-5-7-23(18)29(26-16-45(44-43-26)31(8-9-31)32(34,35)36)42-25-11-21(33)10-24-27(39-17-30(2,3)4)19(12-37)13-38-28(24)25/h5-7,10-11,13-16,29,42H,8-9,17H2,1-4H3,(H,38,39)(H,40,41)/t29-/m0/s1. The van der Waals surface area contributed by atoms with Crippen molar-refractivity contribution in [3.63, 3.8) is 0 Å². The highest BCUT2D eigenvalue weighted by Crippen LogP contribution is 2.55. The summed E-state index contributed by atoms with van der Waals surface area (Å²) in [4.78, 5) is 4.62. The summed E-state index contributed by atoms with van der Waals surface area (Å²) in [6.07, 6.45) is 1.78. The average molecular weight is 634 g/mol. The first-order valence-electron chi connectivity index (χ1n) is 14.4. The third-order valence-corrected chi connectivity index (χ3v) is 8.36. The molecule has 1 atom stereocenters. The second kappa shape index (κ2) is 11.1. The van der Waals surface area contributed by atoms with Gasteiger partial charge in [0, 0.05) is 34.9 Å². The lowest BCUT2D eigenvalue weighted by atomic mass is 9.92. The molecule has 1 saturated carbocycles. The quantitative estimate of drug-likeness (QED) is 0.160. The Kier molecular flexibility index (Phi) is 7.48. The van der Waals surface area contributed by atoms with Gasteiger partial charge in [-0.15, -0.1) is 5.10 Å². The third-order valence-electron chi connectivity index (χ3n) is 8.14. The summed E-state index contributed by atoms with van der Waals surface area (Å²) in [6, 6.07) is 10.7. The number of alkyl halides is 3. The molecule has 0 saturated heterocycles. The van der Waals surface area contributed by atoms with Gasteiger partial charge in [0.1, 0.15) is 11.8 Å². The Morgan fingerprint density at radius 3 is 2.60 bits per heavy atom. The van der Waals surface area contributed by atoms with Crippen LogP contribution >= 0.6 is 11.6 Å². The van der Waals surface area contributed by atoms with Crippen molar-refractivity contribution in [2.24, 2.45) is 5.41 Å². The maximum absolute atomic E-state index is 14.0.